The minimum Gasteiger partial charge on any atom is -0.497 e. The molecule has 0 saturated carbocycles. The van der Waals surface area contributed by atoms with Gasteiger partial charge in [-0.25, -0.2) is 0 Å². The Hall–Kier alpha value is -2.89. The van der Waals surface area contributed by atoms with Gasteiger partial charge in [-0.3, -0.25) is 4.79 Å². The van der Waals surface area contributed by atoms with Crippen molar-refractivity contribution in [2.45, 2.75) is 18.9 Å². The van der Waals surface area contributed by atoms with E-state index in [0.717, 1.165) is 29.7 Å². The van der Waals surface area contributed by atoms with Crippen molar-refractivity contribution in [2.75, 3.05) is 35.0 Å². The number of nitrogens with zero attached hydrogens (tertiary/aromatic N) is 1. The molecule has 2 aromatic carbocycles. The topological polar surface area (TPSA) is 57.2 Å². The van der Waals surface area contributed by atoms with Crippen molar-refractivity contribution in [3.63, 3.8) is 0 Å². The highest BCUT2D eigenvalue weighted by atomic mass is 16.5. The molecular weight excluding hydrogens is 346 g/mol. The van der Waals surface area contributed by atoms with Crippen LogP contribution in [0.25, 0.3) is 0 Å². The lowest BCUT2D eigenvalue weighted by molar-refractivity contribution is -0.120. The fraction of sp³-hybridized carbons (Fsp3) is 0.381. The Bertz CT molecular complexity index is 795. The third-order valence-electron chi connectivity index (χ3n) is 5.04. The summed E-state index contributed by atoms with van der Waals surface area (Å²) in [5.41, 5.74) is 3.36. The van der Waals surface area contributed by atoms with Crippen molar-refractivity contribution >= 4 is 6.41 Å². The van der Waals surface area contributed by atoms with Crippen molar-refractivity contribution in [2.24, 2.45) is 0 Å². The summed E-state index contributed by atoms with van der Waals surface area (Å²) in [7, 11) is 6.44. The zero-order valence-corrected chi connectivity index (χ0v) is 16.2. The van der Waals surface area contributed by atoms with Crippen molar-refractivity contribution in [1.82, 2.24) is 4.90 Å². The van der Waals surface area contributed by atoms with Crippen LogP contribution < -0.4 is 18.9 Å². The maximum absolute atomic E-state index is 11.7. The number of amides is 1. The molecule has 0 fully saturated rings. The van der Waals surface area contributed by atoms with Crippen LogP contribution in [0.15, 0.2) is 30.3 Å². The predicted octanol–water partition coefficient (Wildman–Crippen LogP) is 3.02. The van der Waals surface area contributed by atoms with E-state index in [-0.39, 0.29) is 6.04 Å². The van der Waals surface area contributed by atoms with Gasteiger partial charge in [0.1, 0.15) is 5.75 Å². The number of carbonyl (C=O) groups is 1. The largest absolute Gasteiger partial charge is 0.497 e. The van der Waals surface area contributed by atoms with Crippen molar-refractivity contribution in [3.05, 3.63) is 47.0 Å². The standard InChI is InChI=1S/C21H25NO5/c1-24-16-5-6-17-15(12-16)7-8-22(13-23)18(17)9-14-10-19(25-2)21(27-4)20(11-14)26-3/h5-6,10-13,18H,7-9H2,1-4H3. The number of benzene rings is 2. The zero-order chi connectivity index (χ0) is 19.4. The van der Waals surface area contributed by atoms with E-state index in [9.17, 15) is 4.79 Å². The number of methoxy groups -OCH3 is 4. The normalized spacial score (nSPS) is 15.7. The molecule has 1 heterocycles. The zero-order valence-electron chi connectivity index (χ0n) is 16.2. The molecule has 1 atom stereocenters. The van der Waals surface area contributed by atoms with E-state index in [4.69, 9.17) is 18.9 Å². The van der Waals surface area contributed by atoms with Gasteiger partial charge in [0.25, 0.3) is 0 Å². The highest BCUT2D eigenvalue weighted by molar-refractivity contribution is 5.56. The summed E-state index contributed by atoms with van der Waals surface area (Å²) in [6.45, 7) is 0.679. The summed E-state index contributed by atoms with van der Waals surface area (Å²) in [5, 5.41) is 0. The second-order valence-corrected chi connectivity index (χ2v) is 6.41. The van der Waals surface area contributed by atoms with Gasteiger partial charge in [-0.2, -0.15) is 0 Å². The molecule has 3 rings (SSSR count). The van der Waals surface area contributed by atoms with Gasteiger partial charge < -0.3 is 23.8 Å². The fourth-order valence-corrected chi connectivity index (χ4v) is 3.66. The lowest BCUT2D eigenvalue weighted by atomic mass is 9.88. The lowest BCUT2D eigenvalue weighted by Crippen LogP contribution is -2.35. The van der Waals surface area contributed by atoms with Gasteiger partial charge in [-0.05, 0) is 53.8 Å². The van der Waals surface area contributed by atoms with Crippen LogP contribution in [0.3, 0.4) is 0 Å². The third-order valence-corrected chi connectivity index (χ3v) is 5.04. The first kappa shape index (κ1) is 18.9. The Morgan fingerprint density at radius 3 is 2.26 bits per heavy atom. The summed E-state index contributed by atoms with van der Waals surface area (Å²) in [5.74, 6) is 2.61. The highest BCUT2D eigenvalue weighted by Gasteiger charge is 2.27. The van der Waals surface area contributed by atoms with Crippen molar-refractivity contribution in [1.29, 1.82) is 0 Å². The Morgan fingerprint density at radius 2 is 1.70 bits per heavy atom. The summed E-state index contributed by atoms with van der Waals surface area (Å²) in [6, 6.07) is 9.85. The van der Waals surface area contributed by atoms with Gasteiger partial charge in [-0.1, -0.05) is 6.07 Å². The van der Waals surface area contributed by atoms with Gasteiger partial charge in [0.15, 0.2) is 11.5 Å². The second-order valence-electron chi connectivity index (χ2n) is 6.41. The Kier molecular flexibility index (Phi) is 5.74. The molecular formula is C21H25NO5. The van der Waals surface area contributed by atoms with E-state index in [2.05, 4.69) is 6.07 Å². The Balaban J connectivity index is 2.00. The monoisotopic (exact) mass is 371 g/mol. The first-order valence-electron chi connectivity index (χ1n) is 8.81. The van der Waals surface area contributed by atoms with Crippen LogP contribution in [0, 0.1) is 0 Å². The molecule has 6 heteroatoms. The molecule has 0 bridgehead atoms. The molecule has 2 aromatic rings. The molecule has 1 amide bonds. The van der Waals surface area contributed by atoms with Crippen LogP contribution in [0.2, 0.25) is 0 Å². The van der Waals surface area contributed by atoms with E-state index < -0.39 is 0 Å². The predicted molar refractivity (Wildman–Crippen MR) is 102 cm³/mol. The maximum Gasteiger partial charge on any atom is 0.210 e. The maximum atomic E-state index is 11.7. The second kappa shape index (κ2) is 8.20. The number of carbonyl (C=O) groups excluding carboxylic acids is 1. The number of rotatable bonds is 7. The SMILES string of the molecule is COc1ccc2c(c1)CCN(C=O)C2Cc1cc(OC)c(OC)c(OC)c1. The molecule has 27 heavy (non-hydrogen) atoms. The van der Waals surface area contributed by atoms with Gasteiger partial charge in [0.2, 0.25) is 12.2 Å². The van der Waals surface area contributed by atoms with Gasteiger partial charge in [0.05, 0.1) is 34.5 Å². The first-order valence-corrected chi connectivity index (χ1v) is 8.81. The molecule has 6 nitrogen and oxygen atoms in total. The Morgan fingerprint density at radius 1 is 1.00 bits per heavy atom. The first-order chi connectivity index (χ1) is 13.1. The molecule has 1 aliphatic heterocycles. The quantitative estimate of drug-likeness (QED) is 0.701. The summed E-state index contributed by atoms with van der Waals surface area (Å²) >= 11 is 0. The van der Waals surface area contributed by atoms with Gasteiger partial charge >= 0.3 is 0 Å². The number of fused-ring (bicyclic) bond motifs is 1. The van der Waals surface area contributed by atoms with Crippen LogP contribution >= 0.6 is 0 Å². The molecule has 0 aliphatic carbocycles. The van der Waals surface area contributed by atoms with Crippen LogP contribution in [0.5, 0.6) is 23.0 Å². The molecule has 144 valence electrons. The lowest BCUT2D eigenvalue weighted by Gasteiger charge is -2.35. The van der Waals surface area contributed by atoms with Crippen LogP contribution in [0.1, 0.15) is 22.7 Å². The molecule has 0 radical (unpaired) electrons. The minimum absolute atomic E-state index is 0.0556. The average molecular weight is 371 g/mol. The van der Waals surface area contributed by atoms with E-state index >= 15 is 0 Å². The molecule has 1 unspecified atom stereocenters. The number of hydrogen-bond acceptors (Lipinski definition) is 5. The molecule has 1 aliphatic rings. The smallest absolute Gasteiger partial charge is 0.210 e. The fourth-order valence-electron chi connectivity index (χ4n) is 3.66. The van der Waals surface area contributed by atoms with E-state index in [1.807, 2.05) is 29.2 Å². The summed E-state index contributed by atoms with van der Waals surface area (Å²) in [4.78, 5) is 13.5. The van der Waals surface area contributed by atoms with E-state index in [1.165, 1.54) is 5.56 Å². The van der Waals surface area contributed by atoms with Crippen molar-refractivity contribution in [3.8, 4) is 23.0 Å². The third kappa shape index (κ3) is 3.65. The summed E-state index contributed by atoms with van der Waals surface area (Å²) < 4.78 is 21.7. The number of hydrogen-bond donors (Lipinski definition) is 0. The minimum atomic E-state index is -0.0556. The van der Waals surface area contributed by atoms with Crippen LogP contribution in [0.4, 0.5) is 0 Å². The average Bonchev–Trinajstić information content (AvgIpc) is 2.72. The summed E-state index contributed by atoms with van der Waals surface area (Å²) in [6.07, 6.45) is 2.39. The van der Waals surface area contributed by atoms with E-state index in [1.54, 1.807) is 28.4 Å². The Labute approximate surface area is 159 Å². The van der Waals surface area contributed by atoms with Crippen molar-refractivity contribution < 1.29 is 23.7 Å². The number of ether oxygens (including phenoxy) is 4. The van der Waals surface area contributed by atoms with Gasteiger partial charge in [0, 0.05) is 6.54 Å². The van der Waals surface area contributed by atoms with Crippen LogP contribution in [-0.4, -0.2) is 46.3 Å². The van der Waals surface area contributed by atoms with Crippen LogP contribution in [-0.2, 0) is 17.6 Å². The molecule has 0 spiro atoms. The van der Waals surface area contributed by atoms with E-state index in [0.29, 0.717) is 30.2 Å². The molecule has 0 aromatic heterocycles. The van der Waals surface area contributed by atoms with Gasteiger partial charge in [-0.15, -0.1) is 0 Å². The molecule has 0 saturated heterocycles. The highest BCUT2D eigenvalue weighted by Crippen LogP contribution is 2.40. The molecule has 0 N–H and O–H groups in total.